The number of alkyl halides is 3. The van der Waals surface area contributed by atoms with Crippen molar-refractivity contribution < 1.29 is 22.7 Å². The lowest BCUT2D eigenvalue weighted by molar-refractivity contribution is -0.137. The maximum atomic E-state index is 13.0. The minimum atomic E-state index is -4.43. The van der Waals surface area contributed by atoms with Gasteiger partial charge < -0.3 is 9.72 Å². The second-order valence-electron chi connectivity index (χ2n) is 7.61. The molecule has 0 spiro atoms. The number of fused-ring (bicyclic) bond motifs is 3. The number of aromatic nitrogens is 1. The number of amides is 1. The van der Waals surface area contributed by atoms with Crippen LogP contribution in [-0.4, -0.2) is 28.6 Å². The lowest BCUT2D eigenvalue weighted by Crippen LogP contribution is -2.41. The third kappa shape index (κ3) is 3.74. The normalized spacial score (nSPS) is 16.8. The molecule has 1 aromatic heterocycles. The van der Waals surface area contributed by atoms with E-state index in [0.717, 1.165) is 34.3 Å². The number of aromatic amines is 1. The Morgan fingerprint density at radius 1 is 1.20 bits per heavy atom. The molecule has 8 heteroatoms. The van der Waals surface area contributed by atoms with Crippen LogP contribution in [0.5, 0.6) is 0 Å². The maximum absolute atomic E-state index is 13.0. The van der Waals surface area contributed by atoms with E-state index in [1.165, 1.54) is 12.1 Å². The van der Waals surface area contributed by atoms with Crippen LogP contribution in [0.25, 0.3) is 10.9 Å². The van der Waals surface area contributed by atoms with Crippen molar-refractivity contribution in [2.45, 2.75) is 38.6 Å². The van der Waals surface area contributed by atoms with Crippen molar-refractivity contribution in [1.29, 1.82) is 0 Å². The number of hydrogen-bond donors (Lipinski definition) is 1. The second kappa shape index (κ2) is 7.54. The highest BCUT2D eigenvalue weighted by molar-refractivity contribution is 6.31. The summed E-state index contributed by atoms with van der Waals surface area (Å²) in [5.74, 6) is 0. The Balaban J connectivity index is 1.83. The van der Waals surface area contributed by atoms with Crippen molar-refractivity contribution in [3.05, 3.63) is 69.9 Å². The fraction of sp³-hybridized carbons (Fsp3) is 0.318. The van der Waals surface area contributed by atoms with Gasteiger partial charge in [-0.15, -0.1) is 0 Å². The molecule has 0 fully saturated rings. The van der Waals surface area contributed by atoms with Crippen LogP contribution in [-0.2, 0) is 17.3 Å². The lowest BCUT2D eigenvalue weighted by atomic mass is 9.92. The molecular formula is C22H20ClF3N2O2. The van der Waals surface area contributed by atoms with Gasteiger partial charge in [-0.3, -0.25) is 4.90 Å². The first kappa shape index (κ1) is 20.6. The Bertz CT molecular complexity index is 1090. The number of benzene rings is 2. The van der Waals surface area contributed by atoms with Crippen LogP contribution in [0.2, 0.25) is 5.02 Å². The fourth-order valence-corrected chi connectivity index (χ4v) is 4.10. The van der Waals surface area contributed by atoms with E-state index in [0.29, 0.717) is 23.6 Å². The molecule has 0 bridgehead atoms. The topological polar surface area (TPSA) is 45.3 Å². The van der Waals surface area contributed by atoms with Gasteiger partial charge in [-0.05, 0) is 61.7 Å². The summed E-state index contributed by atoms with van der Waals surface area (Å²) < 4.78 is 44.5. The van der Waals surface area contributed by atoms with Gasteiger partial charge in [0.2, 0.25) is 0 Å². The molecule has 1 N–H and O–H groups in total. The molecule has 0 aliphatic carbocycles. The zero-order valence-electron chi connectivity index (χ0n) is 16.4. The average molecular weight is 437 g/mol. The van der Waals surface area contributed by atoms with E-state index in [-0.39, 0.29) is 6.10 Å². The fourth-order valence-electron chi connectivity index (χ4n) is 3.93. The molecule has 4 rings (SSSR count). The number of nitrogens with one attached hydrogen (secondary N) is 1. The summed E-state index contributed by atoms with van der Waals surface area (Å²) in [6, 6.07) is 9.80. The van der Waals surface area contributed by atoms with E-state index in [4.69, 9.17) is 16.3 Å². The van der Waals surface area contributed by atoms with Crippen LogP contribution in [0, 0.1) is 0 Å². The standard InChI is InChI=1S/C22H20ClF3N2O2/c1-12(2)30-21(29)28-10-9-16-17-11-15(23)7-8-18(17)27-19(16)20(28)13-3-5-14(6-4-13)22(24,25)26/h3-8,11-12,20,27H,9-10H2,1-2H3. The molecule has 1 amide bonds. The molecule has 4 nitrogen and oxygen atoms in total. The average Bonchev–Trinajstić information content (AvgIpc) is 3.04. The van der Waals surface area contributed by atoms with Crippen molar-refractivity contribution in [1.82, 2.24) is 9.88 Å². The van der Waals surface area contributed by atoms with Gasteiger partial charge in [0.25, 0.3) is 0 Å². The Morgan fingerprint density at radius 3 is 2.53 bits per heavy atom. The van der Waals surface area contributed by atoms with Gasteiger partial charge in [0.1, 0.15) is 6.04 Å². The first-order chi connectivity index (χ1) is 14.1. The summed E-state index contributed by atoms with van der Waals surface area (Å²) in [7, 11) is 0. The smallest absolute Gasteiger partial charge is 0.416 e. The number of rotatable bonds is 2. The molecule has 2 aromatic carbocycles. The molecule has 1 atom stereocenters. The SMILES string of the molecule is CC(C)OC(=O)N1CCc2c([nH]c3ccc(Cl)cc23)C1c1ccc(C(F)(F)F)cc1. The predicted molar refractivity (Wildman–Crippen MR) is 109 cm³/mol. The highest BCUT2D eigenvalue weighted by atomic mass is 35.5. The number of H-pyrrole nitrogens is 1. The van der Waals surface area contributed by atoms with Gasteiger partial charge in [0.15, 0.2) is 0 Å². The molecule has 0 saturated heterocycles. The minimum Gasteiger partial charge on any atom is -0.447 e. The van der Waals surface area contributed by atoms with Crippen LogP contribution in [0.15, 0.2) is 42.5 Å². The largest absolute Gasteiger partial charge is 0.447 e. The van der Waals surface area contributed by atoms with E-state index in [2.05, 4.69) is 4.98 Å². The summed E-state index contributed by atoms with van der Waals surface area (Å²) in [4.78, 5) is 17.7. The summed E-state index contributed by atoms with van der Waals surface area (Å²) in [6.45, 7) is 3.89. The van der Waals surface area contributed by atoms with Crippen LogP contribution >= 0.6 is 11.6 Å². The Hall–Kier alpha value is -2.67. The first-order valence-electron chi connectivity index (χ1n) is 9.59. The molecule has 0 radical (unpaired) electrons. The highest BCUT2D eigenvalue weighted by Gasteiger charge is 2.37. The number of carbonyl (C=O) groups excluding carboxylic acids is 1. The Morgan fingerprint density at radius 2 is 1.90 bits per heavy atom. The van der Waals surface area contributed by atoms with Crippen LogP contribution in [0.3, 0.4) is 0 Å². The molecule has 158 valence electrons. The monoisotopic (exact) mass is 436 g/mol. The van der Waals surface area contributed by atoms with Crippen molar-refractivity contribution in [2.24, 2.45) is 0 Å². The molecule has 1 unspecified atom stereocenters. The first-order valence-corrected chi connectivity index (χ1v) is 9.97. The van der Waals surface area contributed by atoms with Gasteiger partial charge in [-0.2, -0.15) is 13.2 Å². The van der Waals surface area contributed by atoms with Gasteiger partial charge in [-0.1, -0.05) is 23.7 Å². The van der Waals surface area contributed by atoms with Gasteiger partial charge in [-0.25, -0.2) is 4.79 Å². The number of nitrogens with zero attached hydrogens (tertiary/aromatic N) is 1. The third-order valence-corrected chi connectivity index (χ3v) is 5.45. The molecule has 1 aliphatic heterocycles. The Kier molecular flexibility index (Phi) is 5.18. The third-order valence-electron chi connectivity index (χ3n) is 5.21. The van der Waals surface area contributed by atoms with Crippen LogP contribution in [0.4, 0.5) is 18.0 Å². The molecule has 0 saturated carbocycles. The quantitative estimate of drug-likeness (QED) is 0.510. The highest BCUT2D eigenvalue weighted by Crippen LogP contribution is 2.40. The zero-order chi connectivity index (χ0) is 21.6. The molecule has 1 aliphatic rings. The summed E-state index contributed by atoms with van der Waals surface area (Å²) in [5.41, 5.74) is 2.47. The van der Waals surface area contributed by atoms with Gasteiger partial charge >= 0.3 is 12.3 Å². The van der Waals surface area contributed by atoms with Crippen LogP contribution < -0.4 is 0 Å². The van der Waals surface area contributed by atoms with E-state index >= 15 is 0 Å². The van der Waals surface area contributed by atoms with E-state index in [1.807, 2.05) is 12.1 Å². The summed E-state index contributed by atoms with van der Waals surface area (Å²) >= 11 is 6.16. The summed E-state index contributed by atoms with van der Waals surface area (Å²) in [5, 5.41) is 1.54. The Labute approximate surface area is 176 Å². The number of carbonyl (C=O) groups is 1. The lowest BCUT2D eigenvalue weighted by Gasteiger charge is -2.36. The van der Waals surface area contributed by atoms with E-state index in [9.17, 15) is 18.0 Å². The maximum Gasteiger partial charge on any atom is 0.416 e. The second-order valence-corrected chi connectivity index (χ2v) is 8.04. The molecule has 3 aromatic rings. The van der Waals surface area contributed by atoms with Gasteiger partial charge in [0.05, 0.1) is 11.7 Å². The van der Waals surface area contributed by atoms with E-state index < -0.39 is 23.9 Å². The minimum absolute atomic E-state index is 0.311. The molecule has 2 heterocycles. The number of ether oxygens (including phenoxy) is 1. The summed E-state index contributed by atoms with van der Waals surface area (Å²) in [6.07, 6.45) is -4.66. The van der Waals surface area contributed by atoms with Crippen molar-refractivity contribution in [3.63, 3.8) is 0 Å². The van der Waals surface area contributed by atoms with E-state index in [1.54, 1.807) is 24.8 Å². The predicted octanol–water partition coefficient (Wildman–Crippen LogP) is 6.33. The zero-order valence-corrected chi connectivity index (χ0v) is 17.1. The molecular weight excluding hydrogens is 417 g/mol. The van der Waals surface area contributed by atoms with Crippen molar-refractivity contribution in [3.8, 4) is 0 Å². The van der Waals surface area contributed by atoms with Crippen molar-refractivity contribution in [2.75, 3.05) is 6.54 Å². The van der Waals surface area contributed by atoms with Crippen LogP contribution in [0.1, 0.15) is 42.3 Å². The molecule has 30 heavy (non-hydrogen) atoms. The number of halogens is 4. The number of hydrogen-bond acceptors (Lipinski definition) is 2. The van der Waals surface area contributed by atoms with Crippen molar-refractivity contribution >= 4 is 28.6 Å². The van der Waals surface area contributed by atoms with Gasteiger partial charge in [0, 0.05) is 28.2 Å².